The topological polar surface area (TPSA) is 80.1 Å². The maximum atomic E-state index is 12.9. The van der Waals surface area contributed by atoms with Crippen LogP contribution in [-0.2, 0) is 11.2 Å². The number of oxazole rings is 1. The lowest BCUT2D eigenvalue weighted by atomic mass is 10.1. The Morgan fingerprint density at radius 2 is 2.13 bits per heavy atom. The molecular weight excluding hydrogens is 448 g/mol. The molecule has 0 unspecified atom stereocenters. The first-order chi connectivity index (χ1) is 14.8. The monoisotopic (exact) mass is 465 g/mol. The number of aromatic nitrogens is 2. The number of hydrogen-bond donors (Lipinski definition) is 2. The summed E-state index contributed by atoms with van der Waals surface area (Å²) >= 11 is 6.07. The second-order valence-corrected chi connectivity index (χ2v) is 8.19. The highest BCUT2D eigenvalue weighted by molar-refractivity contribution is 7.99. The largest absolute Gasteiger partial charge is 0.487 e. The number of halogens is 3. The zero-order valence-electron chi connectivity index (χ0n) is 16.4. The van der Waals surface area contributed by atoms with Gasteiger partial charge in [0.15, 0.2) is 5.58 Å². The van der Waals surface area contributed by atoms with Crippen LogP contribution in [0.15, 0.2) is 52.1 Å². The molecule has 10 heteroatoms. The van der Waals surface area contributed by atoms with Crippen LogP contribution >= 0.6 is 23.4 Å². The van der Waals surface area contributed by atoms with Gasteiger partial charge < -0.3 is 19.5 Å². The van der Waals surface area contributed by atoms with Crippen LogP contribution in [0.1, 0.15) is 11.3 Å². The van der Waals surface area contributed by atoms with E-state index in [1.54, 1.807) is 6.07 Å². The molecule has 31 heavy (non-hydrogen) atoms. The number of aryl methyl sites for hydroxylation is 1. The maximum absolute atomic E-state index is 12.9. The summed E-state index contributed by atoms with van der Waals surface area (Å²) in [5, 5.41) is 4.03. The summed E-state index contributed by atoms with van der Waals surface area (Å²) in [6.07, 6.45) is 0.520. The van der Waals surface area contributed by atoms with E-state index in [1.165, 1.54) is 23.9 Å². The molecule has 2 aromatic carbocycles. The molecule has 0 aliphatic heterocycles. The van der Waals surface area contributed by atoms with Crippen LogP contribution in [0.3, 0.4) is 0 Å². The molecule has 0 bridgehead atoms. The van der Waals surface area contributed by atoms with Gasteiger partial charge >= 0.3 is 5.57 Å². The molecule has 0 saturated heterocycles. The third kappa shape index (κ3) is 5.29. The summed E-state index contributed by atoms with van der Waals surface area (Å²) < 4.78 is 35.9. The number of nitrogens with zero attached hydrogens (tertiary/aromatic N) is 1. The Hall–Kier alpha value is -2.78. The molecule has 0 radical (unpaired) electrons. The molecule has 2 heterocycles. The van der Waals surface area contributed by atoms with Crippen LogP contribution in [0, 0.1) is 6.92 Å². The number of rotatable bonds is 8. The fourth-order valence-corrected chi connectivity index (χ4v) is 4.06. The third-order valence-electron chi connectivity index (χ3n) is 4.62. The minimum atomic E-state index is -3.78. The van der Waals surface area contributed by atoms with Crippen molar-refractivity contribution in [2.24, 2.45) is 0 Å². The molecule has 0 aliphatic carbocycles. The molecule has 4 rings (SSSR count). The highest BCUT2D eigenvalue weighted by Gasteiger charge is 2.27. The molecule has 6 nitrogen and oxygen atoms in total. The van der Waals surface area contributed by atoms with Gasteiger partial charge in [-0.15, -0.1) is 8.78 Å². The number of benzene rings is 2. The summed E-state index contributed by atoms with van der Waals surface area (Å²) in [5.74, 6) is -0.0234. The fourth-order valence-electron chi connectivity index (χ4n) is 3.30. The lowest BCUT2D eigenvalue weighted by Gasteiger charge is -2.10. The number of hydrogen-bond acceptors (Lipinski definition) is 5. The van der Waals surface area contributed by atoms with Crippen LogP contribution in [0.2, 0.25) is 0 Å². The van der Waals surface area contributed by atoms with Gasteiger partial charge in [-0.05, 0) is 49.2 Å². The molecule has 4 aromatic rings. The molecule has 0 aliphatic rings. The Morgan fingerprint density at radius 1 is 1.32 bits per heavy atom. The van der Waals surface area contributed by atoms with Crippen molar-refractivity contribution in [2.45, 2.75) is 24.1 Å². The zero-order valence-corrected chi connectivity index (χ0v) is 17.9. The Bertz CT molecular complexity index is 1200. The minimum Gasteiger partial charge on any atom is -0.431 e. The zero-order chi connectivity index (χ0) is 22.0. The van der Waals surface area contributed by atoms with Crippen molar-refractivity contribution >= 4 is 51.3 Å². The number of carbonyl (C=O) groups is 1. The average molecular weight is 466 g/mol. The van der Waals surface area contributed by atoms with Crippen molar-refractivity contribution in [3.05, 3.63) is 53.7 Å². The molecule has 0 spiro atoms. The lowest BCUT2D eigenvalue weighted by Crippen LogP contribution is -2.27. The van der Waals surface area contributed by atoms with Crippen LogP contribution in [0.25, 0.3) is 22.0 Å². The van der Waals surface area contributed by atoms with Crippen LogP contribution in [-0.4, -0.2) is 33.7 Å². The van der Waals surface area contributed by atoms with E-state index in [-0.39, 0.29) is 17.4 Å². The Balaban J connectivity index is 1.34. The summed E-state index contributed by atoms with van der Waals surface area (Å²) in [7, 11) is 0. The van der Waals surface area contributed by atoms with Crippen molar-refractivity contribution in [1.82, 2.24) is 15.3 Å². The van der Waals surface area contributed by atoms with E-state index in [2.05, 4.69) is 20.0 Å². The molecule has 2 N–H and O–H groups in total. The summed E-state index contributed by atoms with van der Waals surface area (Å²) in [6, 6.07) is 12.0. The number of nitrogens with one attached hydrogen (secondary N) is 2. The predicted octanol–water partition coefficient (Wildman–Crippen LogP) is 5.24. The van der Waals surface area contributed by atoms with Gasteiger partial charge in [-0.2, -0.15) is 0 Å². The number of fused-ring (bicyclic) bond motifs is 2. The summed E-state index contributed by atoms with van der Waals surface area (Å²) in [6.45, 7) is 2.27. The van der Waals surface area contributed by atoms with Gasteiger partial charge in [0, 0.05) is 34.7 Å². The molecule has 0 saturated carbocycles. The number of carbonyl (C=O) groups excluding carboxylic acids is 1. The Morgan fingerprint density at radius 3 is 2.90 bits per heavy atom. The highest BCUT2D eigenvalue weighted by atomic mass is 35.5. The van der Waals surface area contributed by atoms with E-state index in [1.807, 2.05) is 31.2 Å². The SMILES string of the molecule is Cc1[nH]c2ccc(OC(F)(F)Cl)cc2c1CCNC(=O)CSc1nc2ccccc2o1. The smallest absolute Gasteiger partial charge is 0.431 e. The van der Waals surface area contributed by atoms with E-state index < -0.39 is 5.57 Å². The molecular formula is C21H18ClF2N3O3S. The van der Waals surface area contributed by atoms with Gasteiger partial charge in [0.1, 0.15) is 11.3 Å². The first kappa shape index (κ1) is 21.5. The fraction of sp³-hybridized carbons (Fsp3) is 0.238. The van der Waals surface area contributed by atoms with Gasteiger partial charge in [0.2, 0.25) is 5.91 Å². The second-order valence-electron chi connectivity index (χ2n) is 6.82. The second kappa shape index (κ2) is 8.76. The standard InChI is InChI=1S/C21H18ClF2N3O3S/c1-12-14(15-10-13(30-21(22,23)24)6-7-16(15)26-12)8-9-25-19(28)11-31-20-27-17-4-2-3-5-18(17)29-20/h2-7,10,26H,8-9,11H2,1H3,(H,25,28). The third-order valence-corrected chi connectivity index (χ3v) is 5.53. The number of amides is 1. The van der Waals surface area contributed by atoms with Gasteiger partial charge in [-0.3, -0.25) is 4.79 Å². The van der Waals surface area contributed by atoms with Crippen molar-refractivity contribution in [1.29, 1.82) is 0 Å². The highest BCUT2D eigenvalue weighted by Crippen LogP contribution is 2.30. The van der Waals surface area contributed by atoms with Crippen molar-refractivity contribution in [2.75, 3.05) is 12.3 Å². The van der Waals surface area contributed by atoms with Gasteiger partial charge in [0.05, 0.1) is 5.75 Å². The van der Waals surface area contributed by atoms with Gasteiger partial charge in [0.25, 0.3) is 5.22 Å². The minimum absolute atomic E-state index is 0.0356. The first-order valence-electron chi connectivity index (χ1n) is 9.40. The summed E-state index contributed by atoms with van der Waals surface area (Å²) in [5.41, 5.74) is 0.228. The first-order valence-corrected chi connectivity index (χ1v) is 10.8. The molecule has 2 aromatic heterocycles. The molecule has 0 fully saturated rings. The molecule has 0 atom stereocenters. The number of aromatic amines is 1. The number of alkyl halides is 3. The number of H-pyrrole nitrogens is 1. The molecule has 162 valence electrons. The number of para-hydroxylation sites is 2. The van der Waals surface area contributed by atoms with Crippen molar-refractivity contribution in [3.63, 3.8) is 0 Å². The maximum Gasteiger partial charge on any atom is 0.487 e. The van der Waals surface area contributed by atoms with Crippen LogP contribution < -0.4 is 10.1 Å². The van der Waals surface area contributed by atoms with Gasteiger partial charge in [-0.1, -0.05) is 23.9 Å². The summed E-state index contributed by atoms with van der Waals surface area (Å²) in [4.78, 5) is 19.7. The van der Waals surface area contributed by atoms with Gasteiger partial charge in [-0.25, -0.2) is 4.98 Å². The predicted molar refractivity (Wildman–Crippen MR) is 116 cm³/mol. The Kier molecular flexibility index (Phi) is 6.06. The van der Waals surface area contributed by atoms with E-state index in [9.17, 15) is 13.6 Å². The van der Waals surface area contributed by atoms with E-state index >= 15 is 0 Å². The number of thioether (sulfide) groups is 1. The van der Waals surface area contributed by atoms with E-state index in [0.29, 0.717) is 23.8 Å². The lowest BCUT2D eigenvalue weighted by molar-refractivity contribution is -0.118. The Labute approximate surface area is 185 Å². The van der Waals surface area contributed by atoms with Crippen LogP contribution in [0.4, 0.5) is 8.78 Å². The quantitative estimate of drug-likeness (QED) is 0.275. The van der Waals surface area contributed by atoms with Crippen molar-refractivity contribution in [3.8, 4) is 5.75 Å². The van der Waals surface area contributed by atoms with Crippen molar-refractivity contribution < 1.29 is 22.7 Å². The van der Waals surface area contributed by atoms with E-state index in [0.717, 1.165) is 27.7 Å². The van der Waals surface area contributed by atoms with E-state index in [4.69, 9.17) is 16.0 Å². The average Bonchev–Trinajstić information content (AvgIpc) is 3.25. The van der Waals surface area contributed by atoms with Crippen LogP contribution in [0.5, 0.6) is 5.75 Å². The molecule has 1 amide bonds. The normalized spacial score (nSPS) is 11.9. The number of ether oxygens (including phenoxy) is 1.